The van der Waals surface area contributed by atoms with Crippen molar-refractivity contribution in [3.63, 3.8) is 0 Å². The van der Waals surface area contributed by atoms with Crippen LogP contribution in [0.1, 0.15) is 29.0 Å². The highest BCUT2D eigenvalue weighted by Crippen LogP contribution is 2.16. The summed E-state index contributed by atoms with van der Waals surface area (Å²) < 4.78 is 6.68. The molecule has 1 saturated heterocycles. The van der Waals surface area contributed by atoms with Gasteiger partial charge in [-0.15, -0.1) is 0 Å². The minimum absolute atomic E-state index is 0.0164. The first kappa shape index (κ1) is 15.3. The first-order chi connectivity index (χ1) is 11.1. The SMILES string of the molecule is Cc1occc1C(=O)N[C@@H]1CCCN(c2nccn(C)c2=O)C1. The van der Waals surface area contributed by atoms with Crippen molar-refractivity contribution >= 4 is 11.7 Å². The van der Waals surface area contributed by atoms with Crippen LogP contribution in [0, 0.1) is 6.92 Å². The minimum Gasteiger partial charge on any atom is -0.469 e. The van der Waals surface area contributed by atoms with E-state index in [0.717, 1.165) is 19.4 Å². The quantitative estimate of drug-likeness (QED) is 0.916. The van der Waals surface area contributed by atoms with Gasteiger partial charge in [0.2, 0.25) is 0 Å². The Kier molecular flexibility index (Phi) is 4.18. The van der Waals surface area contributed by atoms with E-state index in [0.29, 0.717) is 23.7 Å². The van der Waals surface area contributed by atoms with Crippen molar-refractivity contribution in [2.24, 2.45) is 7.05 Å². The Morgan fingerprint density at radius 3 is 3.04 bits per heavy atom. The Labute approximate surface area is 133 Å². The number of rotatable bonds is 3. The van der Waals surface area contributed by atoms with Gasteiger partial charge in [0.15, 0.2) is 5.82 Å². The molecule has 0 radical (unpaired) electrons. The van der Waals surface area contributed by atoms with Gasteiger partial charge in [0.1, 0.15) is 5.76 Å². The van der Waals surface area contributed by atoms with Crippen LogP contribution in [0.5, 0.6) is 0 Å². The number of hydrogen-bond donors (Lipinski definition) is 1. The molecule has 1 fully saturated rings. The van der Waals surface area contributed by atoms with Crippen LogP contribution in [0.3, 0.4) is 0 Å². The van der Waals surface area contributed by atoms with Crippen LogP contribution >= 0.6 is 0 Å². The van der Waals surface area contributed by atoms with E-state index in [-0.39, 0.29) is 17.5 Å². The average Bonchev–Trinajstić information content (AvgIpc) is 2.96. The normalized spacial score (nSPS) is 18.0. The lowest BCUT2D eigenvalue weighted by Crippen LogP contribution is -2.49. The Morgan fingerprint density at radius 1 is 1.48 bits per heavy atom. The number of nitrogens with one attached hydrogen (secondary N) is 1. The third-order valence-corrected chi connectivity index (χ3v) is 4.16. The van der Waals surface area contributed by atoms with Gasteiger partial charge in [-0.1, -0.05) is 0 Å². The number of aromatic nitrogens is 2. The molecular formula is C16H20N4O3. The van der Waals surface area contributed by atoms with Crippen LogP contribution in [0.15, 0.2) is 33.9 Å². The topological polar surface area (TPSA) is 80.4 Å². The van der Waals surface area contributed by atoms with E-state index >= 15 is 0 Å². The fourth-order valence-electron chi connectivity index (χ4n) is 2.87. The molecule has 0 spiro atoms. The van der Waals surface area contributed by atoms with Crippen molar-refractivity contribution in [1.29, 1.82) is 0 Å². The van der Waals surface area contributed by atoms with E-state index in [1.54, 1.807) is 32.4 Å². The van der Waals surface area contributed by atoms with Crippen LogP contribution in [0.2, 0.25) is 0 Å². The van der Waals surface area contributed by atoms with Crippen molar-refractivity contribution in [3.8, 4) is 0 Å². The maximum absolute atomic E-state index is 12.3. The molecule has 2 aromatic rings. The summed E-state index contributed by atoms with van der Waals surface area (Å²) in [5, 5.41) is 3.02. The molecule has 1 atom stereocenters. The van der Waals surface area contributed by atoms with Gasteiger partial charge in [-0.2, -0.15) is 0 Å². The predicted molar refractivity (Wildman–Crippen MR) is 85.6 cm³/mol. The molecule has 122 valence electrons. The smallest absolute Gasteiger partial charge is 0.293 e. The van der Waals surface area contributed by atoms with Gasteiger partial charge in [-0.3, -0.25) is 9.59 Å². The Morgan fingerprint density at radius 2 is 2.30 bits per heavy atom. The summed E-state index contributed by atoms with van der Waals surface area (Å²) in [5.74, 6) is 0.902. The third kappa shape index (κ3) is 3.13. The molecule has 7 heteroatoms. The van der Waals surface area contributed by atoms with Crippen molar-refractivity contribution in [3.05, 3.63) is 46.4 Å². The number of carbonyl (C=O) groups excluding carboxylic acids is 1. The summed E-state index contributed by atoms with van der Waals surface area (Å²) in [4.78, 5) is 30.6. The first-order valence-corrected chi connectivity index (χ1v) is 7.68. The third-order valence-electron chi connectivity index (χ3n) is 4.16. The number of piperidine rings is 1. The summed E-state index contributed by atoms with van der Waals surface area (Å²) in [5.41, 5.74) is 0.432. The van der Waals surface area contributed by atoms with Crippen LogP contribution in [0.25, 0.3) is 0 Å². The van der Waals surface area contributed by atoms with Gasteiger partial charge in [0, 0.05) is 38.6 Å². The fourth-order valence-corrected chi connectivity index (χ4v) is 2.87. The van der Waals surface area contributed by atoms with E-state index in [1.165, 1.54) is 10.8 Å². The molecule has 0 unspecified atom stereocenters. The van der Waals surface area contributed by atoms with Gasteiger partial charge >= 0.3 is 0 Å². The van der Waals surface area contributed by atoms with Crippen molar-refractivity contribution in [2.45, 2.75) is 25.8 Å². The molecule has 1 N–H and O–H groups in total. The molecule has 0 aliphatic carbocycles. The molecule has 1 aliphatic rings. The Balaban J connectivity index is 1.71. The lowest BCUT2D eigenvalue weighted by atomic mass is 10.1. The highest BCUT2D eigenvalue weighted by atomic mass is 16.3. The highest BCUT2D eigenvalue weighted by molar-refractivity contribution is 5.95. The predicted octanol–water partition coefficient (Wildman–Crippen LogP) is 1.08. The molecule has 3 rings (SSSR count). The summed E-state index contributed by atoms with van der Waals surface area (Å²) in [7, 11) is 1.71. The highest BCUT2D eigenvalue weighted by Gasteiger charge is 2.25. The lowest BCUT2D eigenvalue weighted by Gasteiger charge is -2.33. The number of furan rings is 1. The second-order valence-corrected chi connectivity index (χ2v) is 5.82. The van der Waals surface area contributed by atoms with E-state index < -0.39 is 0 Å². The van der Waals surface area contributed by atoms with Gasteiger partial charge < -0.3 is 19.2 Å². The molecule has 0 bridgehead atoms. The van der Waals surface area contributed by atoms with Crippen molar-refractivity contribution in [1.82, 2.24) is 14.9 Å². The van der Waals surface area contributed by atoms with Crippen LogP contribution in [-0.2, 0) is 7.05 Å². The van der Waals surface area contributed by atoms with Crippen LogP contribution in [0.4, 0.5) is 5.82 Å². The standard InChI is InChI=1S/C16H20N4O3/c1-11-13(5-9-23-11)15(21)18-12-4-3-7-20(10-12)14-16(22)19(2)8-6-17-14/h5-6,8-9,12H,3-4,7,10H2,1-2H3,(H,18,21)/t12-/m1/s1. The zero-order valence-electron chi connectivity index (χ0n) is 13.3. The second kappa shape index (κ2) is 6.28. The minimum atomic E-state index is -0.142. The van der Waals surface area contributed by atoms with E-state index in [2.05, 4.69) is 10.3 Å². The maximum atomic E-state index is 12.3. The molecule has 0 aromatic carbocycles. The number of anilines is 1. The Hall–Kier alpha value is -2.57. The van der Waals surface area contributed by atoms with E-state index in [9.17, 15) is 9.59 Å². The van der Waals surface area contributed by atoms with E-state index in [1.807, 2.05) is 4.90 Å². The monoisotopic (exact) mass is 316 g/mol. The molecule has 7 nitrogen and oxygen atoms in total. The number of amides is 1. The molecular weight excluding hydrogens is 296 g/mol. The van der Waals surface area contributed by atoms with Crippen molar-refractivity contribution < 1.29 is 9.21 Å². The molecule has 1 amide bonds. The zero-order valence-corrected chi connectivity index (χ0v) is 13.3. The number of carbonyl (C=O) groups is 1. The van der Waals surface area contributed by atoms with Gasteiger partial charge in [0.25, 0.3) is 11.5 Å². The summed E-state index contributed by atoms with van der Waals surface area (Å²) >= 11 is 0. The maximum Gasteiger partial charge on any atom is 0.293 e. The molecule has 2 aromatic heterocycles. The van der Waals surface area contributed by atoms with Gasteiger partial charge in [-0.25, -0.2) is 4.98 Å². The zero-order chi connectivity index (χ0) is 16.4. The second-order valence-electron chi connectivity index (χ2n) is 5.82. The summed E-state index contributed by atoms with van der Waals surface area (Å²) in [6.45, 7) is 3.11. The van der Waals surface area contributed by atoms with Gasteiger partial charge in [-0.05, 0) is 25.8 Å². The summed E-state index contributed by atoms with van der Waals surface area (Å²) in [6.07, 6.45) is 6.54. The molecule has 0 saturated carbocycles. The molecule has 23 heavy (non-hydrogen) atoms. The largest absolute Gasteiger partial charge is 0.469 e. The number of nitrogens with zero attached hydrogens (tertiary/aromatic N) is 3. The lowest BCUT2D eigenvalue weighted by molar-refractivity contribution is 0.0931. The van der Waals surface area contributed by atoms with E-state index in [4.69, 9.17) is 4.42 Å². The van der Waals surface area contributed by atoms with Crippen molar-refractivity contribution in [2.75, 3.05) is 18.0 Å². The van der Waals surface area contributed by atoms with Gasteiger partial charge in [0.05, 0.1) is 11.8 Å². The Bertz CT molecular complexity index is 765. The average molecular weight is 316 g/mol. The number of aryl methyl sites for hydroxylation is 2. The van der Waals surface area contributed by atoms with Crippen LogP contribution in [-0.4, -0.2) is 34.6 Å². The van der Waals surface area contributed by atoms with Crippen LogP contribution < -0.4 is 15.8 Å². The molecule has 3 heterocycles. The number of hydrogen-bond acceptors (Lipinski definition) is 5. The fraction of sp³-hybridized carbons (Fsp3) is 0.438. The molecule has 1 aliphatic heterocycles. The first-order valence-electron chi connectivity index (χ1n) is 7.68. The summed E-state index contributed by atoms with van der Waals surface area (Å²) in [6, 6.07) is 1.65.